The van der Waals surface area contributed by atoms with Crippen molar-refractivity contribution in [1.82, 2.24) is 25.3 Å². The molecule has 0 aliphatic carbocycles. The van der Waals surface area contributed by atoms with Crippen molar-refractivity contribution in [2.75, 3.05) is 19.6 Å². The van der Waals surface area contributed by atoms with Crippen molar-refractivity contribution in [3.05, 3.63) is 66.1 Å². The lowest BCUT2D eigenvalue weighted by molar-refractivity contribution is 0.135. The summed E-state index contributed by atoms with van der Waals surface area (Å²) < 4.78 is 18.4. The highest BCUT2D eigenvalue weighted by atomic mass is 35.5. The average Bonchev–Trinajstić information content (AvgIpc) is 3.12. The Morgan fingerprint density at radius 3 is 2.85 bits per heavy atom. The number of pyridine rings is 1. The quantitative estimate of drug-likeness (QED) is 0.756. The Labute approximate surface area is 156 Å². The van der Waals surface area contributed by atoms with Crippen LogP contribution in [0.3, 0.4) is 0 Å². The van der Waals surface area contributed by atoms with Crippen molar-refractivity contribution in [2.45, 2.75) is 12.6 Å². The van der Waals surface area contributed by atoms with Crippen LogP contribution in [0.25, 0.3) is 11.4 Å². The first kappa shape index (κ1) is 18.4. The Morgan fingerprint density at radius 1 is 1.23 bits per heavy atom. The lowest BCUT2D eigenvalue weighted by atomic mass is 10.1. The number of benzene rings is 1. The molecule has 8 heteroatoms. The molecule has 1 N–H and O–H groups in total. The number of halogens is 2. The van der Waals surface area contributed by atoms with Gasteiger partial charge in [0.2, 0.25) is 11.7 Å². The minimum Gasteiger partial charge on any atom is -0.338 e. The van der Waals surface area contributed by atoms with Crippen molar-refractivity contribution < 1.29 is 8.91 Å². The molecule has 3 heterocycles. The Hall–Kier alpha value is -2.35. The van der Waals surface area contributed by atoms with E-state index >= 15 is 0 Å². The van der Waals surface area contributed by atoms with E-state index in [2.05, 4.69) is 31.4 Å². The van der Waals surface area contributed by atoms with E-state index in [4.69, 9.17) is 4.52 Å². The summed E-state index contributed by atoms with van der Waals surface area (Å²) in [6.45, 7) is 3.21. The molecule has 0 bridgehead atoms. The maximum absolute atomic E-state index is 13.0. The summed E-state index contributed by atoms with van der Waals surface area (Å²) in [5.74, 6) is 0.741. The minimum absolute atomic E-state index is 0. The van der Waals surface area contributed by atoms with Crippen LogP contribution >= 0.6 is 12.4 Å². The van der Waals surface area contributed by atoms with E-state index in [9.17, 15) is 4.39 Å². The fraction of sp³-hybridized carbons (Fsp3) is 0.278. The molecule has 26 heavy (non-hydrogen) atoms. The molecule has 0 spiro atoms. The Kier molecular flexibility index (Phi) is 5.92. The SMILES string of the molecule is Cl.Fc1ccc(-c2noc(CN3CCNCC3c3cccnc3)n2)cc1. The van der Waals surface area contributed by atoms with Crippen LogP contribution in [0.1, 0.15) is 17.5 Å². The average molecular weight is 376 g/mol. The molecule has 1 aromatic carbocycles. The zero-order valence-corrected chi connectivity index (χ0v) is 14.8. The Morgan fingerprint density at radius 2 is 2.08 bits per heavy atom. The van der Waals surface area contributed by atoms with Crippen LogP contribution in [0.15, 0.2) is 53.3 Å². The van der Waals surface area contributed by atoms with Gasteiger partial charge in [-0.3, -0.25) is 9.88 Å². The van der Waals surface area contributed by atoms with Gasteiger partial charge in [-0.1, -0.05) is 11.2 Å². The number of aromatic nitrogens is 3. The normalized spacial score (nSPS) is 17.7. The molecule has 1 unspecified atom stereocenters. The summed E-state index contributed by atoms with van der Waals surface area (Å²) in [6, 6.07) is 10.3. The molecule has 4 rings (SSSR count). The monoisotopic (exact) mass is 375 g/mol. The van der Waals surface area contributed by atoms with E-state index in [0.717, 1.165) is 30.8 Å². The highest BCUT2D eigenvalue weighted by molar-refractivity contribution is 5.85. The van der Waals surface area contributed by atoms with Crippen molar-refractivity contribution in [2.24, 2.45) is 0 Å². The molecule has 6 nitrogen and oxygen atoms in total. The molecule has 3 aromatic rings. The second kappa shape index (κ2) is 8.35. The van der Waals surface area contributed by atoms with Crippen LogP contribution in [0.2, 0.25) is 0 Å². The Bertz CT molecular complexity index is 827. The molecule has 0 saturated carbocycles. The van der Waals surface area contributed by atoms with Gasteiger partial charge >= 0.3 is 0 Å². The third-order valence-electron chi connectivity index (χ3n) is 4.33. The van der Waals surface area contributed by atoms with Crippen molar-refractivity contribution >= 4 is 12.4 Å². The third kappa shape index (κ3) is 4.07. The predicted octanol–water partition coefficient (Wildman–Crippen LogP) is 2.84. The third-order valence-corrected chi connectivity index (χ3v) is 4.33. The molecule has 0 amide bonds. The van der Waals surface area contributed by atoms with Crippen molar-refractivity contribution in [3.8, 4) is 11.4 Å². The van der Waals surface area contributed by atoms with Crippen LogP contribution < -0.4 is 5.32 Å². The highest BCUT2D eigenvalue weighted by Crippen LogP contribution is 2.24. The number of hydrogen-bond acceptors (Lipinski definition) is 6. The summed E-state index contributed by atoms with van der Waals surface area (Å²) in [5.41, 5.74) is 1.90. The summed E-state index contributed by atoms with van der Waals surface area (Å²) in [4.78, 5) is 11.0. The van der Waals surface area contributed by atoms with Gasteiger partial charge in [-0.2, -0.15) is 4.98 Å². The zero-order chi connectivity index (χ0) is 17.1. The number of hydrogen-bond donors (Lipinski definition) is 1. The molecule has 1 aliphatic rings. The maximum Gasteiger partial charge on any atom is 0.241 e. The van der Waals surface area contributed by atoms with Gasteiger partial charge in [0.25, 0.3) is 0 Å². The summed E-state index contributed by atoms with van der Waals surface area (Å²) in [7, 11) is 0. The van der Waals surface area contributed by atoms with Gasteiger partial charge in [0.05, 0.1) is 6.54 Å². The molecule has 1 atom stereocenters. The van der Waals surface area contributed by atoms with Gasteiger partial charge in [0, 0.05) is 43.6 Å². The van der Waals surface area contributed by atoms with Crippen LogP contribution in [0.5, 0.6) is 0 Å². The molecule has 136 valence electrons. The number of rotatable bonds is 4. The van der Waals surface area contributed by atoms with E-state index in [0.29, 0.717) is 18.3 Å². The largest absolute Gasteiger partial charge is 0.338 e. The number of piperazine rings is 1. The van der Waals surface area contributed by atoms with Gasteiger partial charge in [-0.15, -0.1) is 12.4 Å². The number of nitrogens with one attached hydrogen (secondary N) is 1. The number of nitrogens with zero attached hydrogens (tertiary/aromatic N) is 4. The van der Waals surface area contributed by atoms with Gasteiger partial charge in [0.15, 0.2) is 0 Å². The highest BCUT2D eigenvalue weighted by Gasteiger charge is 2.25. The van der Waals surface area contributed by atoms with E-state index in [1.807, 2.05) is 12.3 Å². The van der Waals surface area contributed by atoms with Crippen molar-refractivity contribution in [3.63, 3.8) is 0 Å². The molecule has 1 aliphatic heterocycles. The van der Waals surface area contributed by atoms with Gasteiger partial charge < -0.3 is 9.84 Å². The van der Waals surface area contributed by atoms with Crippen LogP contribution in [-0.4, -0.2) is 39.7 Å². The first-order valence-corrected chi connectivity index (χ1v) is 8.23. The van der Waals surface area contributed by atoms with E-state index in [-0.39, 0.29) is 24.3 Å². The molecule has 1 saturated heterocycles. The van der Waals surface area contributed by atoms with E-state index in [1.54, 1.807) is 18.3 Å². The Balaban J connectivity index is 0.00000196. The van der Waals surface area contributed by atoms with E-state index in [1.165, 1.54) is 12.1 Å². The van der Waals surface area contributed by atoms with Gasteiger partial charge in [-0.05, 0) is 35.9 Å². The van der Waals surface area contributed by atoms with E-state index < -0.39 is 0 Å². The zero-order valence-electron chi connectivity index (χ0n) is 14.0. The van der Waals surface area contributed by atoms with Gasteiger partial charge in [-0.25, -0.2) is 4.39 Å². The molecule has 1 fully saturated rings. The molecular weight excluding hydrogens is 357 g/mol. The lowest BCUT2D eigenvalue weighted by Gasteiger charge is -2.35. The predicted molar refractivity (Wildman–Crippen MR) is 97.2 cm³/mol. The standard InChI is InChI=1S/C18H18FN5O.ClH/c19-15-5-3-13(4-6-15)18-22-17(25-23-18)12-24-9-8-21-11-16(24)14-2-1-7-20-10-14;/h1-7,10,16,21H,8-9,11-12H2;1H. The summed E-state index contributed by atoms with van der Waals surface area (Å²) >= 11 is 0. The topological polar surface area (TPSA) is 67.1 Å². The lowest BCUT2D eigenvalue weighted by Crippen LogP contribution is -2.45. The van der Waals surface area contributed by atoms with Crippen LogP contribution in [0.4, 0.5) is 4.39 Å². The summed E-state index contributed by atoms with van der Waals surface area (Å²) in [5, 5.41) is 7.43. The summed E-state index contributed by atoms with van der Waals surface area (Å²) in [6.07, 6.45) is 3.67. The first-order valence-electron chi connectivity index (χ1n) is 8.23. The smallest absolute Gasteiger partial charge is 0.241 e. The maximum atomic E-state index is 13.0. The first-order chi connectivity index (χ1) is 12.3. The molecular formula is C18H19ClFN5O. The van der Waals surface area contributed by atoms with Crippen molar-refractivity contribution in [1.29, 1.82) is 0 Å². The van der Waals surface area contributed by atoms with Crippen LogP contribution in [0, 0.1) is 5.82 Å². The van der Waals surface area contributed by atoms with Crippen LogP contribution in [-0.2, 0) is 6.54 Å². The second-order valence-electron chi connectivity index (χ2n) is 6.00. The molecule has 0 radical (unpaired) electrons. The molecule has 2 aromatic heterocycles. The fourth-order valence-corrected chi connectivity index (χ4v) is 3.05. The second-order valence-corrected chi connectivity index (χ2v) is 6.00. The fourth-order valence-electron chi connectivity index (χ4n) is 3.05. The van der Waals surface area contributed by atoms with Gasteiger partial charge in [0.1, 0.15) is 5.82 Å². The minimum atomic E-state index is -0.285.